The zero-order valence-corrected chi connectivity index (χ0v) is 17.7. The first-order chi connectivity index (χ1) is 14.0. The van der Waals surface area contributed by atoms with E-state index in [2.05, 4.69) is 34.0 Å². The molecule has 1 aliphatic carbocycles. The lowest BCUT2D eigenvalue weighted by atomic mass is 9.84. The SMILES string of the molecule is CN1CCN(C(=O)NC(CC2CCCCC2)C(=O)NC2(C#N)CCNCC2)CC1. The van der Waals surface area contributed by atoms with Crippen LogP contribution in [0, 0.1) is 17.2 Å². The molecule has 2 aliphatic heterocycles. The van der Waals surface area contributed by atoms with Crippen LogP contribution < -0.4 is 16.0 Å². The van der Waals surface area contributed by atoms with Crippen molar-refractivity contribution in [3.63, 3.8) is 0 Å². The molecule has 0 bridgehead atoms. The molecule has 3 fully saturated rings. The lowest BCUT2D eigenvalue weighted by Gasteiger charge is -2.36. The number of piperidine rings is 1. The number of nitrogens with one attached hydrogen (secondary N) is 3. The summed E-state index contributed by atoms with van der Waals surface area (Å²) >= 11 is 0. The number of piperazine rings is 1. The van der Waals surface area contributed by atoms with Crippen LogP contribution in [0.25, 0.3) is 0 Å². The van der Waals surface area contributed by atoms with E-state index < -0.39 is 11.6 Å². The topological polar surface area (TPSA) is 100 Å². The molecule has 3 amide bonds. The Morgan fingerprint density at radius 1 is 1.14 bits per heavy atom. The van der Waals surface area contributed by atoms with Crippen molar-refractivity contribution in [1.29, 1.82) is 5.26 Å². The van der Waals surface area contributed by atoms with Gasteiger partial charge in [-0.05, 0) is 45.3 Å². The van der Waals surface area contributed by atoms with Gasteiger partial charge in [-0.1, -0.05) is 32.1 Å². The van der Waals surface area contributed by atoms with Gasteiger partial charge < -0.3 is 25.8 Å². The van der Waals surface area contributed by atoms with Crippen LogP contribution >= 0.6 is 0 Å². The fraction of sp³-hybridized carbons (Fsp3) is 0.857. The minimum absolute atomic E-state index is 0.162. The van der Waals surface area contributed by atoms with E-state index in [4.69, 9.17) is 0 Å². The molecule has 3 rings (SSSR count). The Hall–Kier alpha value is -1.85. The van der Waals surface area contributed by atoms with Gasteiger partial charge >= 0.3 is 6.03 Å². The van der Waals surface area contributed by atoms with Gasteiger partial charge in [0.05, 0.1) is 6.07 Å². The third kappa shape index (κ3) is 6.06. The molecule has 162 valence electrons. The summed E-state index contributed by atoms with van der Waals surface area (Å²) in [6.07, 6.45) is 7.72. The Balaban J connectivity index is 1.65. The van der Waals surface area contributed by atoms with Gasteiger partial charge in [0.15, 0.2) is 0 Å². The molecule has 3 N–H and O–H groups in total. The number of urea groups is 1. The van der Waals surface area contributed by atoms with Gasteiger partial charge in [0, 0.05) is 26.2 Å². The second-order valence-corrected chi connectivity index (χ2v) is 8.97. The molecule has 8 heteroatoms. The first-order valence-corrected chi connectivity index (χ1v) is 11.2. The minimum atomic E-state index is -0.828. The van der Waals surface area contributed by atoms with E-state index in [0.717, 1.165) is 39.0 Å². The van der Waals surface area contributed by atoms with Crippen molar-refractivity contribution < 1.29 is 9.59 Å². The predicted octanol–water partition coefficient (Wildman–Crippen LogP) is 1.04. The van der Waals surface area contributed by atoms with Crippen LogP contribution in [0.4, 0.5) is 4.79 Å². The summed E-state index contributed by atoms with van der Waals surface area (Å²) in [5.74, 6) is 0.250. The third-order valence-electron chi connectivity index (χ3n) is 6.73. The summed E-state index contributed by atoms with van der Waals surface area (Å²) in [6, 6.07) is 1.59. The number of rotatable bonds is 5. The zero-order chi connectivity index (χ0) is 20.7. The molecule has 1 unspecified atom stereocenters. The molecule has 0 aromatic heterocycles. The highest BCUT2D eigenvalue weighted by Gasteiger charge is 2.37. The summed E-state index contributed by atoms with van der Waals surface area (Å²) in [5.41, 5.74) is -0.828. The minimum Gasteiger partial charge on any atom is -0.336 e. The van der Waals surface area contributed by atoms with E-state index in [0.29, 0.717) is 38.3 Å². The second-order valence-electron chi connectivity index (χ2n) is 8.97. The van der Waals surface area contributed by atoms with E-state index >= 15 is 0 Å². The van der Waals surface area contributed by atoms with Crippen molar-refractivity contribution in [3.05, 3.63) is 0 Å². The molecule has 0 spiro atoms. The van der Waals surface area contributed by atoms with Crippen molar-refractivity contribution in [2.75, 3.05) is 46.3 Å². The molecule has 2 saturated heterocycles. The Morgan fingerprint density at radius 3 is 2.41 bits per heavy atom. The Kier molecular flexibility index (Phi) is 7.73. The fourth-order valence-electron chi connectivity index (χ4n) is 4.68. The molecule has 0 radical (unpaired) electrons. The van der Waals surface area contributed by atoms with E-state index in [1.54, 1.807) is 4.90 Å². The van der Waals surface area contributed by atoms with E-state index in [1.165, 1.54) is 19.3 Å². The maximum absolute atomic E-state index is 13.2. The normalized spacial score (nSPS) is 24.3. The number of nitriles is 1. The van der Waals surface area contributed by atoms with E-state index in [9.17, 15) is 14.9 Å². The lowest BCUT2D eigenvalue weighted by molar-refractivity contribution is -0.125. The lowest BCUT2D eigenvalue weighted by Crippen LogP contribution is -2.60. The average molecular weight is 405 g/mol. The van der Waals surface area contributed by atoms with Crippen LogP contribution in [0.3, 0.4) is 0 Å². The van der Waals surface area contributed by atoms with Crippen LogP contribution in [0.5, 0.6) is 0 Å². The average Bonchev–Trinajstić information content (AvgIpc) is 2.75. The first-order valence-electron chi connectivity index (χ1n) is 11.2. The number of carbonyl (C=O) groups is 2. The van der Waals surface area contributed by atoms with Gasteiger partial charge in [-0.15, -0.1) is 0 Å². The molecule has 1 saturated carbocycles. The summed E-state index contributed by atoms with van der Waals surface area (Å²) in [4.78, 5) is 30.0. The van der Waals surface area contributed by atoms with Gasteiger partial charge in [-0.2, -0.15) is 5.26 Å². The number of nitrogens with zero attached hydrogens (tertiary/aromatic N) is 3. The number of amides is 3. The van der Waals surface area contributed by atoms with Crippen molar-refractivity contribution in [2.45, 2.75) is 62.9 Å². The standard InChI is InChI=1S/C21H36N6O2/c1-26-11-13-27(14-12-26)20(29)24-18(15-17-5-3-2-4-6-17)19(28)25-21(16-22)7-9-23-10-8-21/h17-18,23H,2-15H2,1H3,(H,24,29)(H,25,28). The van der Waals surface area contributed by atoms with Gasteiger partial charge in [-0.25, -0.2) is 4.79 Å². The maximum atomic E-state index is 13.2. The smallest absolute Gasteiger partial charge is 0.318 e. The summed E-state index contributed by atoms with van der Waals surface area (Å²) in [6.45, 7) is 4.47. The molecule has 0 aromatic carbocycles. The van der Waals surface area contributed by atoms with Crippen LogP contribution in [-0.2, 0) is 4.79 Å². The molecule has 0 aromatic rings. The number of likely N-dealkylation sites (N-methyl/N-ethyl adjacent to an activating group) is 1. The quantitative estimate of drug-likeness (QED) is 0.636. The number of hydrogen-bond donors (Lipinski definition) is 3. The van der Waals surface area contributed by atoms with Gasteiger partial charge in [0.1, 0.15) is 11.6 Å². The largest absolute Gasteiger partial charge is 0.336 e. The highest BCUT2D eigenvalue weighted by Crippen LogP contribution is 2.28. The van der Waals surface area contributed by atoms with E-state index in [-0.39, 0.29) is 11.9 Å². The fourth-order valence-corrected chi connectivity index (χ4v) is 4.68. The number of carbonyl (C=O) groups excluding carboxylic acids is 2. The van der Waals surface area contributed by atoms with Crippen LogP contribution in [0.2, 0.25) is 0 Å². The van der Waals surface area contributed by atoms with Gasteiger partial charge in [0.2, 0.25) is 5.91 Å². The zero-order valence-electron chi connectivity index (χ0n) is 17.7. The molecule has 29 heavy (non-hydrogen) atoms. The molecule has 8 nitrogen and oxygen atoms in total. The van der Waals surface area contributed by atoms with Crippen LogP contribution in [0.1, 0.15) is 51.4 Å². The molecule has 2 heterocycles. The highest BCUT2D eigenvalue weighted by molar-refractivity contribution is 5.87. The summed E-state index contributed by atoms with van der Waals surface area (Å²) in [7, 11) is 2.05. The second kappa shape index (κ2) is 10.3. The van der Waals surface area contributed by atoms with Gasteiger partial charge in [-0.3, -0.25) is 4.79 Å². The predicted molar refractivity (Wildman–Crippen MR) is 111 cm³/mol. The van der Waals surface area contributed by atoms with Crippen LogP contribution in [-0.4, -0.2) is 79.6 Å². The van der Waals surface area contributed by atoms with Crippen LogP contribution in [0.15, 0.2) is 0 Å². The summed E-state index contributed by atoms with van der Waals surface area (Å²) < 4.78 is 0. The van der Waals surface area contributed by atoms with Gasteiger partial charge in [0.25, 0.3) is 0 Å². The maximum Gasteiger partial charge on any atom is 0.318 e. The first kappa shape index (κ1) is 21.8. The molecular weight excluding hydrogens is 368 g/mol. The summed E-state index contributed by atoms with van der Waals surface area (Å²) in [5, 5.41) is 19.0. The Labute approximate surface area is 174 Å². The Bertz CT molecular complexity index is 599. The molecule has 1 atom stereocenters. The number of hydrogen-bond acceptors (Lipinski definition) is 5. The van der Waals surface area contributed by atoms with Crippen molar-refractivity contribution in [2.24, 2.45) is 5.92 Å². The highest BCUT2D eigenvalue weighted by atomic mass is 16.2. The monoisotopic (exact) mass is 404 g/mol. The van der Waals surface area contributed by atoms with E-state index in [1.807, 2.05) is 0 Å². The Morgan fingerprint density at radius 2 is 1.79 bits per heavy atom. The van der Waals surface area contributed by atoms with Crippen molar-refractivity contribution >= 4 is 11.9 Å². The molecular formula is C21H36N6O2. The molecule has 3 aliphatic rings. The third-order valence-corrected chi connectivity index (χ3v) is 6.73. The van der Waals surface area contributed by atoms with Crippen molar-refractivity contribution in [1.82, 2.24) is 25.8 Å². The van der Waals surface area contributed by atoms with Crippen molar-refractivity contribution in [3.8, 4) is 6.07 Å².